The number of nitrogens with two attached hydrogens (primary N) is 1. The van der Waals surface area contributed by atoms with Crippen LogP contribution >= 0.6 is 23.4 Å². The third kappa shape index (κ3) is 3.43. The smallest absolute Gasteiger partial charge is 0.251 e. The quantitative estimate of drug-likeness (QED) is 0.852. The molecule has 3 nitrogen and oxygen atoms in total. The SMILES string of the molecule is CNC(=O)c1ccc(N)c(Sc2cccc(Cl)c2)c1. The lowest BCUT2D eigenvalue weighted by Gasteiger charge is -2.08. The highest BCUT2D eigenvalue weighted by molar-refractivity contribution is 7.99. The number of nitrogen functional groups attached to an aromatic ring is 1. The van der Waals surface area contributed by atoms with Gasteiger partial charge in [-0.3, -0.25) is 4.79 Å². The van der Waals surface area contributed by atoms with E-state index in [1.54, 1.807) is 25.2 Å². The number of benzene rings is 2. The van der Waals surface area contributed by atoms with E-state index in [1.807, 2.05) is 24.3 Å². The molecule has 0 saturated heterocycles. The molecule has 1 amide bonds. The molecule has 0 fully saturated rings. The molecular weight excluding hydrogens is 280 g/mol. The van der Waals surface area contributed by atoms with Crippen LogP contribution < -0.4 is 11.1 Å². The molecule has 0 radical (unpaired) electrons. The standard InChI is InChI=1S/C14H13ClN2OS/c1-17-14(18)9-5-6-12(16)13(7-9)19-11-4-2-3-10(15)8-11/h2-8H,16H2,1H3,(H,17,18). The van der Waals surface area contributed by atoms with Gasteiger partial charge in [0.05, 0.1) is 0 Å². The first kappa shape index (κ1) is 13.8. The van der Waals surface area contributed by atoms with E-state index < -0.39 is 0 Å². The van der Waals surface area contributed by atoms with E-state index >= 15 is 0 Å². The highest BCUT2D eigenvalue weighted by atomic mass is 35.5. The Labute approximate surface area is 121 Å². The molecule has 0 aliphatic carbocycles. The van der Waals surface area contributed by atoms with E-state index in [1.165, 1.54) is 11.8 Å². The van der Waals surface area contributed by atoms with Crippen molar-refractivity contribution in [2.75, 3.05) is 12.8 Å². The van der Waals surface area contributed by atoms with Gasteiger partial charge in [-0.1, -0.05) is 29.4 Å². The van der Waals surface area contributed by atoms with Gasteiger partial charge in [0.1, 0.15) is 0 Å². The van der Waals surface area contributed by atoms with Gasteiger partial charge in [0.2, 0.25) is 0 Å². The highest BCUT2D eigenvalue weighted by Gasteiger charge is 2.08. The van der Waals surface area contributed by atoms with Crippen LogP contribution in [-0.2, 0) is 0 Å². The summed E-state index contributed by atoms with van der Waals surface area (Å²) in [5.74, 6) is -0.132. The summed E-state index contributed by atoms with van der Waals surface area (Å²) >= 11 is 7.43. The fraction of sp³-hybridized carbons (Fsp3) is 0.0714. The van der Waals surface area contributed by atoms with Gasteiger partial charge >= 0.3 is 0 Å². The van der Waals surface area contributed by atoms with Crippen molar-refractivity contribution in [2.24, 2.45) is 0 Å². The normalized spacial score (nSPS) is 10.2. The summed E-state index contributed by atoms with van der Waals surface area (Å²) in [5.41, 5.74) is 7.15. The first-order chi connectivity index (χ1) is 9.10. The zero-order valence-electron chi connectivity index (χ0n) is 10.3. The minimum absolute atomic E-state index is 0.132. The Morgan fingerprint density at radius 1 is 1.26 bits per heavy atom. The number of anilines is 1. The summed E-state index contributed by atoms with van der Waals surface area (Å²) in [7, 11) is 1.60. The van der Waals surface area contributed by atoms with Crippen LogP contribution in [0.25, 0.3) is 0 Å². The summed E-state index contributed by atoms with van der Waals surface area (Å²) in [6, 6.07) is 12.7. The van der Waals surface area contributed by atoms with Gasteiger partial charge in [0.25, 0.3) is 5.91 Å². The Hall–Kier alpha value is -1.65. The van der Waals surface area contributed by atoms with Gasteiger partial charge in [-0.2, -0.15) is 0 Å². The molecule has 0 spiro atoms. The topological polar surface area (TPSA) is 55.1 Å². The van der Waals surface area contributed by atoms with Crippen molar-refractivity contribution < 1.29 is 4.79 Å². The van der Waals surface area contributed by atoms with Crippen molar-refractivity contribution in [3.63, 3.8) is 0 Å². The number of rotatable bonds is 3. The molecule has 5 heteroatoms. The van der Waals surface area contributed by atoms with Crippen LogP contribution in [0.1, 0.15) is 10.4 Å². The van der Waals surface area contributed by atoms with Crippen LogP contribution in [0, 0.1) is 0 Å². The summed E-state index contributed by atoms with van der Waals surface area (Å²) < 4.78 is 0. The molecule has 0 heterocycles. The van der Waals surface area contributed by atoms with Crippen molar-refractivity contribution in [3.8, 4) is 0 Å². The number of carbonyl (C=O) groups is 1. The lowest BCUT2D eigenvalue weighted by atomic mass is 10.2. The van der Waals surface area contributed by atoms with Crippen LogP contribution in [0.15, 0.2) is 52.3 Å². The Morgan fingerprint density at radius 3 is 2.74 bits per heavy atom. The van der Waals surface area contributed by atoms with E-state index in [0.29, 0.717) is 16.3 Å². The van der Waals surface area contributed by atoms with Crippen LogP contribution in [0.2, 0.25) is 5.02 Å². The molecule has 0 atom stereocenters. The fourth-order valence-corrected chi connectivity index (χ4v) is 2.78. The Balaban J connectivity index is 2.31. The van der Waals surface area contributed by atoms with Gasteiger partial charge in [-0.05, 0) is 36.4 Å². The Morgan fingerprint density at radius 2 is 2.05 bits per heavy atom. The summed E-state index contributed by atoms with van der Waals surface area (Å²) in [4.78, 5) is 13.4. The number of hydrogen-bond acceptors (Lipinski definition) is 3. The van der Waals surface area contributed by atoms with Crippen molar-refractivity contribution in [3.05, 3.63) is 53.1 Å². The van der Waals surface area contributed by atoms with Crippen LogP contribution in [0.3, 0.4) is 0 Å². The van der Waals surface area contributed by atoms with Gasteiger partial charge in [0.15, 0.2) is 0 Å². The van der Waals surface area contributed by atoms with Gasteiger partial charge in [-0.25, -0.2) is 0 Å². The number of halogens is 1. The second kappa shape index (κ2) is 5.99. The van der Waals surface area contributed by atoms with E-state index in [9.17, 15) is 4.79 Å². The number of nitrogens with one attached hydrogen (secondary N) is 1. The minimum Gasteiger partial charge on any atom is -0.398 e. The van der Waals surface area contributed by atoms with Crippen molar-refractivity contribution in [1.82, 2.24) is 5.32 Å². The van der Waals surface area contributed by atoms with Crippen LogP contribution in [0.4, 0.5) is 5.69 Å². The first-order valence-electron chi connectivity index (χ1n) is 5.65. The molecule has 98 valence electrons. The molecule has 0 aliphatic heterocycles. The summed E-state index contributed by atoms with van der Waals surface area (Å²) in [6.45, 7) is 0. The average Bonchev–Trinajstić information content (AvgIpc) is 2.40. The molecule has 2 aromatic rings. The number of carbonyl (C=O) groups excluding carboxylic acids is 1. The summed E-state index contributed by atoms with van der Waals surface area (Å²) in [5, 5.41) is 3.26. The Kier molecular flexibility index (Phi) is 4.35. The molecular formula is C14H13ClN2OS. The Bertz CT molecular complexity index is 616. The van der Waals surface area contributed by atoms with Crippen molar-refractivity contribution in [2.45, 2.75) is 9.79 Å². The van der Waals surface area contributed by atoms with E-state index in [4.69, 9.17) is 17.3 Å². The third-order valence-electron chi connectivity index (χ3n) is 2.53. The average molecular weight is 293 g/mol. The molecule has 0 aliphatic rings. The molecule has 0 unspecified atom stereocenters. The number of hydrogen-bond donors (Lipinski definition) is 2. The molecule has 0 bridgehead atoms. The second-order valence-corrected chi connectivity index (χ2v) is 5.44. The maximum Gasteiger partial charge on any atom is 0.251 e. The predicted molar refractivity (Wildman–Crippen MR) is 79.8 cm³/mol. The predicted octanol–water partition coefficient (Wildman–Crippen LogP) is 3.43. The lowest BCUT2D eigenvalue weighted by molar-refractivity contribution is 0.0963. The molecule has 2 rings (SSSR count). The lowest BCUT2D eigenvalue weighted by Crippen LogP contribution is -2.17. The van der Waals surface area contributed by atoms with E-state index in [2.05, 4.69) is 5.32 Å². The van der Waals surface area contributed by atoms with Crippen molar-refractivity contribution >= 4 is 35.0 Å². The second-order valence-electron chi connectivity index (χ2n) is 3.89. The minimum atomic E-state index is -0.132. The van der Waals surface area contributed by atoms with Gasteiger partial charge in [-0.15, -0.1) is 0 Å². The molecule has 2 aromatic carbocycles. The summed E-state index contributed by atoms with van der Waals surface area (Å²) in [6.07, 6.45) is 0. The van der Waals surface area contributed by atoms with E-state index in [-0.39, 0.29) is 5.91 Å². The first-order valence-corrected chi connectivity index (χ1v) is 6.84. The van der Waals surface area contributed by atoms with E-state index in [0.717, 1.165) is 9.79 Å². The zero-order chi connectivity index (χ0) is 13.8. The van der Waals surface area contributed by atoms with Crippen molar-refractivity contribution in [1.29, 1.82) is 0 Å². The maximum atomic E-state index is 11.6. The molecule has 3 N–H and O–H groups in total. The third-order valence-corrected chi connectivity index (χ3v) is 3.82. The van der Waals surface area contributed by atoms with Gasteiger partial charge in [0, 0.05) is 33.1 Å². The molecule has 0 saturated carbocycles. The van der Waals surface area contributed by atoms with Crippen LogP contribution in [0.5, 0.6) is 0 Å². The molecule has 0 aromatic heterocycles. The maximum absolute atomic E-state index is 11.6. The zero-order valence-corrected chi connectivity index (χ0v) is 11.9. The molecule has 19 heavy (non-hydrogen) atoms. The largest absolute Gasteiger partial charge is 0.398 e. The fourth-order valence-electron chi connectivity index (χ4n) is 1.57. The van der Waals surface area contributed by atoms with Gasteiger partial charge < -0.3 is 11.1 Å². The van der Waals surface area contributed by atoms with Crippen LogP contribution in [-0.4, -0.2) is 13.0 Å². The highest BCUT2D eigenvalue weighted by Crippen LogP contribution is 2.33. The number of amides is 1. The monoisotopic (exact) mass is 292 g/mol.